The molecular weight excluding hydrogens is 280 g/mol. The molecule has 0 bridgehead atoms. The summed E-state index contributed by atoms with van der Waals surface area (Å²) in [4.78, 5) is 46.4. The molecule has 1 aromatic rings. The van der Waals surface area contributed by atoms with Crippen molar-refractivity contribution in [2.24, 2.45) is 5.92 Å². The molecular formula is C13H12N2O6. The standard InChI is InChI=1S/C13H12N2O6/c1-6(2)10(13(18)19)14-11(16)8-4-3-7(15(20)21)5-9(8)12(14)17/h3-6,10H,1-2H3,(H,18,19). The third-order valence-electron chi connectivity index (χ3n) is 3.28. The van der Waals surface area contributed by atoms with Gasteiger partial charge in [0, 0.05) is 12.1 Å². The normalized spacial score (nSPS) is 15.3. The maximum Gasteiger partial charge on any atom is 0.327 e. The van der Waals surface area contributed by atoms with Crippen LogP contribution in [0.4, 0.5) is 5.69 Å². The van der Waals surface area contributed by atoms with Crippen LogP contribution in [-0.2, 0) is 4.79 Å². The first-order valence-corrected chi connectivity index (χ1v) is 6.14. The van der Waals surface area contributed by atoms with Crippen molar-refractivity contribution in [3.8, 4) is 0 Å². The maximum absolute atomic E-state index is 12.3. The summed E-state index contributed by atoms with van der Waals surface area (Å²) in [6, 6.07) is 1.97. The number of non-ortho nitro benzene ring substituents is 1. The number of fused-ring (bicyclic) bond motifs is 1. The molecule has 1 atom stereocenters. The molecule has 1 aliphatic heterocycles. The summed E-state index contributed by atoms with van der Waals surface area (Å²) in [6.45, 7) is 3.15. The van der Waals surface area contributed by atoms with Crippen LogP contribution >= 0.6 is 0 Å². The van der Waals surface area contributed by atoms with E-state index < -0.39 is 34.7 Å². The SMILES string of the molecule is CC(C)C(C(=O)O)N1C(=O)c2ccc([N+](=O)[O-])cc2C1=O. The van der Waals surface area contributed by atoms with Gasteiger partial charge in [0.1, 0.15) is 6.04 Å². The molecule has 2 amide bonds. The molecule has 8 nitrogen and oxygen atoms in total. The van der Waals surface area contributed by atoms with Crippen molar-refractivity contribution < 1.29 is 24.4 Å². The van der Waals surface area contributed by atoms with E-state index in [4.69, 9.17) is 0 Å². The van der Waals surface area contributed by atoms with Crippen LogP contribution in [0.1, 0.15) is 34.6 Å². The van der Waals surface area contributed by atoms with Crippen LogP contribution in [0.25, 0.3) is 0 Å². The van der Waals surface area contributed by atoms with E-state index in [-0.39, 0.29) is 16.8 Å². The number of rotatable bonds is 4. The quantitative estimate of drug-likeness (QED) is 0.507. The highest BCUT2D eigenvalue weighted by atomic mass is 16.6. The third-order valence-corrected chi connectivity index (χ3v) is 3.28. The average molecular weight is 292 g/mol. The van der Waals surface area contributed by atoms with Crippen LogP contribution in [0.5, 0.6) is 0 Å². The largest absolute Gasteiger partial charge is 0.480 e. The zero-order chi connectivity index (χ0) is 15.9. The van der Waals surface area contributed by atoms with Crippen molar-refractivity contribution in [2.45, 2.75) is 19.9 Å². The molecule has 8 heteroatoms. The lowest BCUT2D eigenvalue weighted by atomic mass is 10.0. The predicted molar refractivity (Wildman–Crippen MR) is 69.9 cm³/mol. The lowest BCUT2D eigenvalue weighted by molar-refractivity contribution is -0.384. The van der Waals surface area contributed by atoms with Gasteiger partial charge in [-0.1, -0.05) is 13.8 Å². The van der Waals surface area contributed by atoms with Crippen LogP contribution in [0, 0.1) is 16.0 Å². The number of nitro groups is 1. The number of carboxylic acid groups (broad SMARTS) is 1. The lowest BCUT2D eigenvalue weighted by Gasteiger charge is -2.25. The molecule has 1 heterocycles. The van der Waals surface area contributed by atoms with Crippen molar-refractivity contribution in [3.63, 3.8) is 0 Å². The molecule has 0 aromatic heterocycles. The van der Waals surface area contributed by atoms with Crippen LogP contribution in [0.3, 0.4) is 0 Å². The van der Waals surface area contributed by atoms with Gasteiger partial charge in [0.2, 0.25) is 0 Å². The number of amides is 2. The first-order chi connectivity index (χ1) is 9.75. The Balaban J connectivity index is 2.51. The summed E-state index contributed by atoms with van der Waals surface area (Å²) in [6.07, 6.45) is 0. The van der Waals surface area contributed by atoms with Gasteiger partial charge in [0.15, 0.2) is 0 Å². The van der Waals surface area contributed by atoms with E-state index in [1.54, 1.807) is 13.8 Å². The number of hydrogen-bond acceptors (Lipinski definition) is 5. The van der Waals surface area contributed by atoms with Crippen molar-refractivity contribution >= 4 is 23.5 Å². The number of nitro benzene ring substituents is 1. The van der Waals surface area contributed by atoms with E-state index in [1.165, 1.54) is 6.07 Å². The molecule has 1 unspecified atom stereocenters. The van der Waals surface area contributed by atoms with Gasteiger partial charge in [0.25, 0.3) is 17.5 Å². The highest BCUT2D eigenvalue weighted by Crippen LogP contribution is 2.29. The van der Waals surface area contributed by atoms with Gasteiger partial charge >= 0.3 is 5.97 Å². The van der Waals surface area contributed by atoms with Crippen LogP contribution in [-0.4, -0.2) is 38.8 Å². The lowest BCUT2D eigenvalue weighted by Crippen LogP contribution is -2.47. The first-order valence-electron chi connectivity index (χ1n) is 6.14. The summed E-state index contributed by atoms with van der Waals surface area (Å²) < 4.78 is 0. The van der Waals surface area contributed by atoms with Crippen molar-refractivity contribution in [1.29, 1.82) is 0 Å². The number of hydrogen-bond donors (Lipinski definition) is 1. The summed E-state index contributed by atoms with van der Waals surface area (Å²) in [7, 11) is 0. The number of nitrogens with zero attached hydrogens (tertiary/aromatic N) is 2. The fourth-order valence-corrected chi connectivity index (χ4v) is 2.31. The molecule has 21 heavy (non-hydrogen) atoms. The minimum Gasteiger partial charge on any atom is -0.480 e. The molecule has 0 aliphatic carbocycles. The van der Waals surface area contributed by atoms with E-state index in [9.17, 15) is 29.6 Å². The number of carbonyl (C=O) groups excluding carboxylic acids is 2. The third kappa shape index (κ3) is 2.24. The molecule has 1 aliphatic rings. The fraction of sp³-hybridized carbons (Fsp3) is 0.308. The molecule has 0 fully saturated rings. The molecule has 0 saturated heterocycles. The number of aliphatic carboxylic acids is 1. The van der Waals surface area contributed by atoms with E-state index in [0.29, 0.717) is 4.90 Å². The predicted octanol–water partition coefficient (Wildman–Crippen LogP) is 1.30. The Morgan fingerprint density at radius 3 is 2.29 bits per heavy atom. The number of carboxylic acids is 1. The van der Waals surface area contributed by atoms with Gasteiger partial charge in [-0.25, -0.2) is 4.79 Å². The maximum atomic E-state index is 12.3. The average Bonchev–Trinajstić information content (AvgIpc) is 2.63. The van der Waals surface area contributed by atoms with Gasteiger partial charge in [0.05, 0.1) is 16.1 Å². The Morgan fingerprint density at radius 1 is 1.24 bits per heavy atom. The van der Waals surface area contributed by atoms with Crippen molar-refractivity contribution in [2.75, 3.05) is 0 Å². The highest BCUT2D eigenvalue weighted by molar-refractivity contribution is 6.22. The van der Waals surface area contributed by atoms with Crippen LogP contribution in [0.2, 0.25) is 0 Å². The smallest absolute Gasteiger partial charge is 0.327 e. The Labute approximate surface area is 119 Å². The Morgan fingerprint density at radius 2 is 1.81 bits per heavy atom. The number of imide groups is 1. The van der Waals surface area contributed by atoms with Crippen LogP contribution in [0.15, 0.2) is 18.2 Å². The number of carbonyl (C=O) groups is 3. The zero-order valence-electron chi connectivity index (χ0n) is 11.3. The van der Waals surface area contributed by atoms with Gasteiger partial charge in [-0.2, -0.15) is 0 Å². The van der Waals surface area contributed by atoms with E-state index in [1.807, 2.05) is 0 Å². The summed E-state index contributed by atoms with van der Waals surface area (Å²) >= 11 is 0. The first kappa shape index (κ1) is 14.6. The zero-order valence-corrected chi connectivity index (χ0v) is 11.3. The second-order valence-corrected chi connectivity index (χ2v) is 4.99. The highest BCUT2D eigenvalue weighted by Gasteiger charge is 2.44. The van der Waals surface area contributed by atoms with Gasteiger partial charge in [-0.15, -0.1) is 0 Å². The molecule has 0 radical (unpaired) electrons. The van der Waals surface area contributed by atoms with Crippen molar-refractivity contribution in [3.05, 3.63) is 39.4 Å². The van der Waals surface area contributed by atoms with E-state index >= 15 is 0 Å². The summed E-state index contributed by atoms with van der Waals surface area (Å²) in [5.41, 5.74) is -0.480. The molecule has 2 rings (SSSR count). The summed E-state index contributed by atoms with van der Waals surface area (Å²) in [5.74, 6) is -3.35. The van der Waals surface area contributed by atoms with E-state index in [0.717, 1.165) is 12.1 Å². The van der Waals surface area contributed by atoms with Gasteiger partial charge in [-0.3, -0.25) is 24.6 Å². The Hall–Kier alpha value is -2.77. The second kappa shape index (κ2) is 4.97. The topological polar surface area (TPSA) is 118 Å². The van der Waals surface area contributed by atoms with Gasteiger partial charge in [-0.05, 0) is 12.0 Å². The van der Waals surface area contributed by atoms with E-state index in [2.05, 4.69) is 0 Å². The molecule has 1 aromatic carbocycles. The van der Waals surface area contributed by atoms with Crippen molar-refractivity contribution in [1.82, 2.24) is 4.90 Å². The Bertz CT molecular complexity index is 667. The second-order valence-electron chi connectivity index (χ2n) is 4.99. The molecule has 0 spiro atoms. The molecule has 110 valence electrons. The monoisotopic (exact) mass is 292 g/mol. The van der Waals surface area contributed by atoms with Crippen LogP contribution < -0.4 is 0 Å². The Kier molecular flexibility index (Phi) is 3.46. The molecule has 1 N–H and O–H groups in total. The fourth-order valence-electron chi connectivity index (χ4n) is 2.31. The minimum absolute atomic E-state index is 0.0162. The minimum atomic E-state index is -1.31. The van der Waals surface area contributed by atoms with Gasteiger partial charge < -0.3 is 5.11 Å². The summed E-state index contributed by atoms with van der Waals surface area (Å²) in [5, 5.41) is 19.9. The number of benzene rings is 1. The molecule has 0 saturated carbocycles.